The molecule has 0 radical (unpaired) electrons. The smallest absolute Gasteiger partial charge is 0.166 e. The first kappa shape index (κ1) is 17.5. The zero-order chi connectivity index (χ0) is 17.9. The van der Waals surface area contributed by atoms with Crippen LogP contribution in [-0.2, 0) is 0 Å². The molecule has 0 bridgehead atoms. The number of allylic oxidation sites excluding steroid dienone is 1. The van der Waals surface area contributed by atoms with Crippen LogP contribution < -0.4 is 0 Å². The summed E-state index contributed by atoms with van der Waals surface area (Å²) in [6.07, 6.45) is -4.49. The average molecular weight is 403 g/mol. The highest BCUT2D eigenvalue weighted by Gasteiger charge is 2.38. The summed E-state index contributed by atoms with van der Waals surface area (Å²) in [6, 6.07) is 23.6. The van der Waals surface area contributed by atoms with E-state index in [-0.39, 0.29) is 11.1 Å². The van der Waals surface area contributed by atoms with Gasteiger partial charge in [-0.05, 0) is 28.8 Å². The molecule has 0 fully saturated rings. The van der Waals surface area contributed by atoms with E-state index < -0.39 is 11.7 Å². The molecule has 0 amide bonds. The molecule has 0 aliphatic rings. The quantitative estimate of drug-likeness (QED) is 0.415. The number of hydrogen-bond donors (Lipinski definition) is 0. The number of halogens is 4. The molecule has 126 valence electrons. The zero-order valence-corrected chi connectivity index (χ0v) is 14.7. The van der Waals surface area contributed by atoms with Crippen LogP contribution in [0.5, 0.6) is 0 Å². The van der Waals surface area contributed by atoms with Gasteiger partial charge >= 0.3 is 6.18 Å². The molecule has 0 saturated heterocycles. The van der Waals surface area contributed by atoms with Crippen LogP contribution in [0.3, 0.4) is 0 Å². The van der Waals surface area contributed by atoms with Crippen molar-refractivity contribution < 1.29 is 13.2 Å². The second-order valence-corrected chi connectivity index (χ2v) is 6.40. The standard InChI is InChI=1S/C21H14BrF3/c22-18-13-11-17(12-14-18)20(21(23,24)25)19(15-7-3-1-4-8-15)16-9-5-2-6-10-16/h1-14H. The van der Waals surface area contributed by atoms with Gasteiger partial charge in [0.15, 0.2) is 0 Å². The van der Waals surface area contributed by atoms with Gasteiger partial charge in [-0.3, -0.25) is 0 Å². The van der Waals surface area contributed by atoms with E-state index in [2.05, 4.69) is 15.9 Å². The van der Waals surface area contributed by atoms with E-state index in [0.29, 0.717) is 11.1 Å². The molecular weight excluding hydrogens is 389 g/mol. The van der Waals surface area contributed by atoms with Crippen molar-refractivity contribution in [2.45, 2.75) is 6.18 Å². The fourth-order valence-corrected chi connectivity index (χ4v) is 3.00. The van der Waals surface area contributed by atoms with Crippen molar-refractivity contribution in [2.24, 2.45) is 0 Å². The Balaban J connectivity index is 2.37. The Hall–Kier alpha value is -2.33. The normalized spacial score (nSPS) is 11.2. The monoisotopic (exact) mass is 402 g/mol. The Labute approximate surface area is 152 Å². The molecule has 0 spiro atoms. The number of benzene rings is 3. The van der Waals surface area contributed by atoms with Gasteiger partial charge in [0.25, 0.3) is 0 Å². The number of rotatable bonds is 3. The van der Waals surface area contributed by atoms with Crippen molar-refractivity contribution in [3.63, 3.8) is 0 Å². The van der Waals surface area contributed by atoms with E-state index in [0.717, 1.165) is 4.47 Å². The fourth-order valence-electron chi connectivity index (χ4n) is 2.73. The Morgan fingerprint density at radius 3 is 1.44 bits per heavy atom. The Morgan fingerprint density at radius 2 is 1.04 bits per heavy atom. The highest BCUT2D eigenvalue weighted by molar-refractivity contribution is 9.10. The summed E-state index contributed by atoms with van der Waals surface area (Å²) >= 11 is 3.27. The lowest BCUT2D eigenvalue weighted by Gasteiger charge is -2.19. The van der Waals surface area contributed by atoms with E-state index in [1.165, 1.54) is 12.1 Å². The van der Waals surface area contributed by atoms with Gasteiger partial charge in [-0.1, -0.05) is 88.7 Å². The second-order valence-electron chi connectivity index (χ2n) is 5.49. The van der Waals surface area contributed by atoms with Crippen molar-refractivity contribution in [1.29, 1.82) is 0 Å². The molecule has 3 aromatic carbocycles. The molecule has 4 heteroatoms. The summed E-state index contributed by atoms with van der Waals surface area (Å²) in [7, 11) is 0. The van der Waals surface area contributed by atoms with Crippen LogP contribution in [-0.4, -0.2) is 6.18 Å². The Bertz CT molecular complexity index is 823. The van der Waals surface area contributed by atoms with Crippen molar-refractivity contribution >= 4 is 27.1 Å². The number of hydrogen-bond acceptors (Lipinski definition) is 0. The first-order valence-electron chi connectivity index (χ1n) is 7.65. The Kier molecular flexibility index (Phi) is 5.09. The van der Waals surface area contributed by atoms with Crippen molar-refractivity contribution in [3.05, 3.63) is 106 Å². The van der Waals surface area contributed by atoms with Crippen LogP contribution in [0.2, 0.25) is 0 Å². The SMILES string of the molecule is FC(F)(F)C(=C(c1ccccc1)c1ccccc1)c1ccc(Br)cc1. The van der Waals surface area contributed by atoms with Crippen molar-refractivity contribution in [1.82, 2.24) is 0 Å². The Morgan fingerprint density at radius 1 is 0.600 bits per heavy atom. The van der Waals surface area contributed by atoms with E-state index in [1.807, 2.05) is 0 Å². The highest BCUT2D eigenvalue weighted by atomic mass is 79.9. The van der Waals surface area contributed by atoms with Gasteiger partial charge in [-0.2, -0.15) is 13.2 Å². The van der Waals surface area contributed by atoms with Gasteiger partial charge in [0.2, 0.25) is 0 Å². The second kappa shape index (κ2) is 7.28. The molecule has 0 atom stereocenters. The predicted molar refractivity (Wildman–Crippen MR) is 99.0 cm³/mol. The maximum Gasteiger partial charge on any atom is 0.417 e. The molecule has 0 heterocycles. The summed E-state index contributed by atoms with van der Waals surface area (Å²) < 4.78 is 42.9. The molecule has 0 N–H and O–H groups in total. The number of alkyl halides is 3. The summed E-state index contributed by atoms with van der Waals surface area (Å²) in [5.74, 6) is 0. The van der Waals surface area contributed by atoms with Crippen LogP contribution in [0.25, 0.3) is 11.1 Å². The topological polar surface area (TPSA) is 0 Å². The van der Waals surface area contributed by atoms with Crippen LogP contribution in [0, 0.1) is 0 Å². The first-order valence-corrected chi connectivity index (χ1v) is 8.44. The van der Waals surface area contributed by atoms with Gasteiger partial charge in [0.1, 0.15) is 0 Å². The van der Waals surface area contributed by atoms with E-state index >= 15 is 0 Å². The molecule has 0 unspecified atom stereocenters. The summed E-state index contributed by atoms with van der Waals surface area (Å²) in [4.78, 5) is 0. The molecule has 0 aromatic heterocycles. The lowest BCUT2D eigenvalue weighted by Crippen LogP contribution is -2.14. The third kappa shape index (κ3) is 4.02. The fraction of sp³-hybridized carbons (Fsp3) is 0.0476. The molecule has 0 saturated carbocycles. The average Bonchev–Trinajstić information content (AvgIpc) is 2.61. The lowest BCUT2D eigenvalue weighted by molar-refractivity contribution is -0.0685. The largest absolute Gasteiger partial charge is 0.417 e. The van der Waals surface area contributed by atoms with Gasteiger partial charge in [-0.25, -0.2) is 0 Å². The third-order valence-corrected chi connectivity index (χ3v) is 4.32. The minimum absolute atomic E-state index is 0.137. The minimum Gasteiger partial charge on any atom is -0.166 e. The van der Waals surface area contributed by atoms with Crippen LogP contribution in [0.4, 0.5) is 13.2 Å². The molecule has 25 heavy (non-hydrogen) atoms. The van der Waals surface area contributed by atoms with Gasteiger partial charge in [-0.15, -0.1) is 0 Å². The predicted octanol–water partition coefficient (Wildman–Crippen LogP) is 6.97. The minimum atomic E-state index is -4.49. The van der Waals surface area contributed by atoms with E-state index in [4.69, 9.17) is 0 Å². The van der Waals surface area contributed by atoms with Gasteiger partial charge in [0, 0.05) is 10.0 Å². The third-order valence-electron chi connectivity index (χ3n) is 3.79. The van der Waals surface area contributed by atoms with Gasteiger partial charge < -0.3 is 0 Å². The molecule has 0 nitrogen and oxygen atoms in total. The first-order chi connectivity index (χ1) is 12.0. The van der Waals surface area contributed by atoms with Crippen LogP contribution in [0.15, 0.2) is 89.4 Å². The van der Waals surface area contributed by atoms with Gasteiger partial charge in [0.05, 0.1) is 5.57 Å². The summed E-state index contributed by atoms with van der Waals surface area (Å²) in [5.41, 5.74) is 0.736. The maximum absolute atomic E-state index is 14.1. The zero-order valence-electron chi connectivity index (χ0n) is 13.1. The maximum atomic E-state index is 14.1. The van der Waals surface area contributed by atoms with E-state index in [9.17, 15) is 13.2 Å². The molecule has 3 aromatic rings. The van der Waals surface area contributed by atoms with Crippen molar-refractivity contribution in [2.75, 3.05) is 0 Å². The van der Waals surface area contributed by atoms with E-state index in [1.54, 1.807) is 72.8 Å². The van der Waals surface area contributed by atoms with Crippen LogP contribution >= 0.6 is 15.9 Å². The molecule has 0 aliphatic heterocycles. The summed E-state index contributed by atoms with van der Waals surface area (Å²) in [5, 5.41) is 0. The van der Waals surface area contributed by atoms with Crippen molar-refractivity contribution in [3.8, 4) is 0 Å². The summed E-state index contributed by atoms with van der Waals surface area (Å²) in [6.45, 7) is 0. The molecular formula is C21H14BrF3. The molecule has 0 aliphatic carbocycles. The van der Waals surface area contributed by atoms with Crippen LogP contribution in [0.1, 0.15) is 16.7 Å². The lowest BCUT2D eigenvalue weighted by atomic mass is 9.89. The highest BCUT2D eigenvalue weighted by Crippen LogP contribution is 2.42. The molecule has 3 rings (SSSR count).